The minimum atomic E-state index is -0.618. The van der Waals surface area contributed by atoms with Gasteiger partial charge in [-0.2, -0.15) is 5.10 Å². The van der Waals surface area contributed by atoms with E-state index in [0.717, 1.165) is 30.4 Å². The fourth-order valence-corrected chi connectivity index (χ4v) is 4.42. The summed E-state index contributed by atoms with van der Waals surface area (Å²) >= 11 is 7.40. The summed E-state index contributed by atoms with van der Waals surface area (Å²) in [5.41, 5.74) is 0.542. The summed E-state index contributed by atoms with van der Waals surface area (Å²) in [7, 11) is 0. The van der Waals surface area contributed by atoms with E-state index in [4.69, 9.17) is 26.3 Å². The maximum absolute atomic E-state index is 12.5. The van der Waals surface area contributed by atoms with E-state index >= 15 is 0 Å². The van der Waals surface area contributed by atoms with Gasteiger partial charge in [0.1, 0.15) is 10.8 Å². The van der Waals surface area contributed by atoms with Gasteiger partial charge in [-0.1, -0.05) is 37.2 Å². The van der Waals surface area contributed by atoms with E-state index in [-0.39, 0.29) is 22.8 Å². The van der Waals surface area contributed by atoms with Gasteiger partial charge in [-0.3, -0.25) is 14.9 Å². The van der Waals surface area contributed by atoms with Crippen molar-refractivity contribution < 1.29 is 14.5 Å². The first-order valence-corrected chi connectivity index (χ1v) is 12.0. The molecule has 1 N–H and O–H groups in total. The maximum atomic E-state index is 12.5. The third kappa shape index (κ3) is 5.40. The molecule has 3 heterocycles. The minimum absolute atomic E-state index is 0.0182. The highest BCUT2D eigenvalue weighted by atomic mass is 35.5. The molecule has 4 rings (SSSR count). The number of thioether (sulfide) groups is 1. The van der Waals surface area contributed by atoms with E-state index in [1.54, 1.807) is 22.6 Å². The number of nitrogens with one attached hydrogen (secondary N) is 1. The molecule has 0 bridgehead atoms. The van der Waals surface area contributed by atoms with Crippen LogP contribution in [-0.4, -0.2) is 68.7 Å². The highest BCUT2D eigenvalue weighted by molar-refractivity contribution is 7.99. The smallest absolute Gasteiger partial charge is 0.288 e. The second kappa shape index (κ2) is 10.5. The molecule has 34 heavy (non-hydrogen) atoms. The van der Waals surface area contributed by atoms with Gasteiger partial charge in [-0.15, -0.1) is 0 Å². The predicted molar refractivity (Wildman–Crippen MR) is 130 cm³/mol. The van der Waals surface area contributed by atoms with Gasteiger partial charge >= 0.3 is 0 Å². The van der Waals surface area contributed by atoms with E-state index in [9.17, 15) is 14.9 Å². The van der Waals surface area contributed by atoms with Gasteiger partial charge < -0.3 is 15.0 Å². The zero-order valence-corrected chi connectivity index (χ0v) is 20.3. The number of morpholine rings is 1. The van der Waals surface area contributed by atoms with Gasteiger partial charge in [0.15, 0.2) is 10.8 Å². The number of carbonyl (C=O) groups is 1. The highest BCUT2D eigenvalue weighted by Gasteiger charge is 2.21. The molecule has 13 heteroatoms. The number of hydrogen-bond donors (Lipinski definition) is 1. The Morgan fingerprint density at radius 1 is 1.32 bits per heavy atom. The van der Waals surface area contributed by atoms with E-state index in [1.165, 1.54) is 12.1 Å². The van der Waals surface area contributed by atoms with Crippen LogP contribution < -0.4 is 10.2 Å². The maximum Gasteiger partial charge on any atom is 0.288 e. The molecule has 2 aromatic heterocycles. The van der Waals surface area contributed by atoms with Crippen molar-refractivity contribution in [2.45, 2.75) is 30.8 Å². The van der Waals surface area contributed by atoms with Gasteiger partial charge in [0, 0.05) is 36.5 Å². The van der Waals surface area contributed by atoms with Crippen molar-refractivity contribution in [3.05, 3.63) is 45.1 Å². The van der Waals surface area contributed by atoms with Crippen LogP contribution in [0.15, 0.2) is 29.6 Å². The molecule has 0 unspecified atom stereocenters. The van der Waals surface area contributed by atoms with Crippen molar-refractivity contribution in [3.8, 4) is 0 Å². The fraction of sp³-hybridized carbons (Fsp3) is 0.429. The van der Waals surface area contributed by atoms with Crippen molar-refractivity contribution >= 4 is 51.8 Å². The number of anilines is 1. The minimum Gasteiger partial charge on any atom is -0.378 e. The highest BCUT2D eigenvalue weighted by Crippen LogP contribution is 2.29. The molecule has 1 aliphatic rings. The summed E-state index contributed by atoms with van der Waals surface area (Å²) in [5, 5.41) is 20.1. The molecule has 1 amide bonds. The molecule has 1 aliphatic heterocycles. The molecule has 1 fully saturated rings. The number of benzene rings is 1. The summed E-state index contributed by atoms with van der Waals surface area (Å²) in [4.78, 5) is 34.7. The van der Waals surface area contributed by atoms with Crippen molar-refractivity contribution in [3.63, 3.8) is 0 Å². The van der Waals surface area contributed by atoms with Gasteiger partial charge in [-0.25, -0.2) is 14.6 Å². The van der Waals surface area contributed by atoms with E-state index in [0.29, 0.717) is 35.8 Å². The first-order valence-electron chi connectivity index (χ1n) is 10.8. The van der Waals surface area contributed by atoms with Crippen LogP contribution in [-0.2, 0) is 11.3 Å². The number of amides is 1. The summed E-state index contributed by atoms with van der Waals surface area (Å²) in [6, 6.07) is 3.96. The average molecular weight is 506 g/mol. The lowest BCUT2D eigenvalue weighted by Crippen LogP contribution is -2.37. The van der Waals surface area contributed by atoms with Crippen LogP contribution in [0, 0.1) is 10.1 Å². The zero-order valence-electron chi connectivity index (χ0n) is 18.7. The van der Waals surface area contributed by atoms with Crippen LogP contribution in [0.25, 0.3) is 11.0 Å². The van der Waals surface area contributed by atoms with Crippen LogP contribution in [0.2, 0.25) is 5.02 Å². The van der Waals surface area contributed by atoms with Crippen molar-refractivity contribution in [2.75, 3.05) is 37.7 Å². The summed E-state index contributed by atoms with van der Waals surface area (Å²) in [6.07, 6.45) is 1.74. The van der Waals surface area contributed by atoms with E-state index < -0.39 is 10.8 Å². The molecule has 0 aliphatic carbocycles. The number of nitro groups is 1. The molecule has 3 aromatic rings. The second-order valence-electron chi connectivity index (χ2n) is 7.88. The van der Waals surface area contributed by atoms with Crippen LogP contribution >= 0.6 is 23.4 Å². The third-order valence-electron chi connectivity index (χ3n) is 5.12. The number of nitrogens with zero attached hydrogens (tertiary/aromatic N) is 6. The lowest BCUT2D eigenvalue weighted by atomic mass is 10.2. The molecule has 0 atom stereocenters. The average Bonchev–Trinajstić information content (AvgIpc) is 3.21. The van der Waals surface area contributed by atoms with Gasteiger partial charge in [0.25, 0.3) is 11.6 Å². The lowest BCUT2D eigenvalue weighted by Gasteiger charge is -2.28. The largest absolute Gasteiger partial charge is 0.378 e. The number of aromatic nitrogens is 4. The Morgan fingerprint density at radius 2 is 2.09 bits per heavy atom. The van der Waals surface area contributed by atoms with Crippen LogP contribution in [0.1, 0.15) is 24.2 Å². The number of ether oxygens (including phenoxy) is 1. The number of carbonyl (C=O) groups excluding carboxylic acids is 1. The zero-order chi connectivity index (χ0) is 24.2. The Labute approximate surface area is 205 Å². The molecule has 0 radical (unpaired) electrons. The normalized spacial score (nSPS) is 14.1. The Balaban J connectivity index is 1.52. The third-order valence-corrected chi connectivity index (χ3v) is 6.31. The first kappa shape index (κ1) is 24.2. The van der Waals surface area contributed by atoms with Crippen molar-refractivity contribution in [1.29, 1.82) is 0 Å². The standard InChI is InChI=1S/C21H24ClN7O4S/c1-13(2)34-21-25-18(27-7-9-33-10-8-27)15-12-24-28(19(15)26-21)6-5-23-20(30)14-3-4-16(22)17(11-14)29(31)32/h3-4,11-13H,5-10H2,1-2H3,(H,23,30). The Kier molecular flexibility index (Phi) is 7.49. The predicted octanol–water partition coefficient (Wildman–Crippen LogP) is 3.16. The van der Waals surface area contributed by atoms with Crippen LogP contribution in [0.3, 0.4) is 0 Å². The van der Waals surface area contributed by atoms with Crippen molar-refractivity contribution in [2.24, 2.45) is 0 Å². The molecule has 11 nitrogen and oxygen atoms in total. The van der Waals surface area contributed by atoms with E-state index in [1.807, 2.05) is 0 Å². The van der Waals surface area contributed by atoms with Crippen molar-refractivity contribution in [1.82, 2.24) is 25.1 Å². The van der Waals surface area contributed by atoms with E-state index in [2.05, 4.69) is 29.2 Å². The number of hydrogen-bond acceptors (Lipinski definition) is 9. The molecule has 1 aromatic carbocycles. The Morgan fingerprint density at radius 3 is 2.79 bits per heavy atom. The molecule has 1 saturated heterocycles. The topological polar surface area (TPSA) is 128 Å². The molecule has 180 valence electrons. The molecule has 0 saturated carbocycles. The summed E-state index contributed by atoms with van der Waals surface area (Å²) in [6.45, 7) is 7.56. The van der Waals surface area contributed by atoms with Crippen LogP contribution in [0.5, 0.6) is 0 Å². The number of halogens is 1. The lowest BCUT2D eigenvalue weighted by molar-refractivity contribution is -0.384. The Bertz CT molecular complexity index is 1210. The second-order valence-corrected chi connectivity index (χ2v) is 9.83. The SMILES string of the molecule is CC(C)Sc1nc(N2CCOCC2)c2cnn(CCNC(=O)c3ccc(Cl)c([N+](=O)[O-])c3)c2n1. The van der Waals surface area contributed by atoms with Gasteiger partial charge in [0.2, 0.25) is 0 Å². The van der Waals surface area contributed by atoms with Gasteiger partial charge in [-0.05, 0) is 12.1 Å². The number of rotatable bonds is 8. The van der Waals surface area contributed by atoms with Crippen LogP contribution in [0.4, 0.5) is 11.5 Å². The number of fused-ring (bicyclic) bond motifs is 1. The fourth-order valence-electron chi connectivity index (χ4n) is 3.54. The van der Waals surface area contributed by atoms with Gasteiger partial charge in [0.05, 0.1) is 36.3 Å². The molecular formula is C21H24ClN7O4S. The summed E-state index contributed by atoms with van der Waals surface area (Å²) < 4.78 is 7.21. The quantitative estimate of drug-likeness (QED) is 0.212. The Hall–Kier alpha value is -2.96. The number of nitro benzene ring substituents is 1. The monoisotopic (exact) mass is 505 g/mol. The molecule has 0 spiro atoms. The summed E-state index contributed by atoms with van der Waals surface area (Å²) in [5.74, 6) is 0.399. The first-order chi connectivity index (χ1) is 16.3. The molecular weight excluding hydrogens is 482 g/mol.